The Morgan fingerprint density at radius 3 is 2.63 bits per heavy atom. The van der Waals surface area contributed by atoms with Crippen LogP contribution in [0.1, 0.15) is 20.3 Å². The van der Waals surface area contributed by atoms with Gasteiger partial charge in [-0.1, -0.05) is 0 Å². The second-order valence-corrected chi connectivity index (χ2v) is 4.77. The number of rotatable bonds is 5. The molecule has 1 fully saturated rings. The zero-order valence-corrected chi connectivity index (χ0v) is 11.6. The Morgan fingerprint density at radius 2 is 2.16 bits per heavy atom. The molecule has 7 heteroatoms. The van der Waals surface area contributed by atoms with E-state index in [1.807, 2.05) is 13.8 Å². The van der Waals surface area contributed by atoms with Gasteiger partial charge in [-0.25, -0.2) is 9.59 Å². The molecule has 0 radical (unpaired) electrons. The quantitative estimate of drug-likeness (QED) is 0.735. The fourth-order valence-corrected chi connectivity index (χ4v) is 2.39. The number of aliphatic hydroxyl groups is 1. The maximum Gasteiger partial charge on any atom is 0.326 e. The number of carbonyl (C=O) groups is 2. The minimum Gasteiger partial charge on any atom is -0.480 e. The molecule has 19 heavy (non-hydrogen) atoms. The van der Waals surface area contributed by atoms with Gasteiger partial charge in [0.25, 0.3) is 0 Å². The summed E-state index contributed by atoms with van der Waals surface area (Å²) in [6.07, 6.45) is -0.696. The van der Waals surface area contributed by atoms with Gasteiger partial charge in [-0.05, 0) is 13.8 Å². The summed E-state index contributed by atoms with van der Waals surface area (Å²) in [6.45, 7) is 4.57. The van der Waals surface area contributed by atoms with Crippen molar-refractivity contribution in [3.05, 3.63) is 0 Å². The van der Waals surface area contributed by atoms with Crippen LogP contribution in [0.25, 0.3) is 0 Å². The second-order valence-electron chi connectivity index (χ2n) is 4.77. The lowest BCUT2D eigenvalue weighted by molar-refractivity contribution is -0.141. The topological polar surface area (TPSA) is 90.3 Å². The Kier molecular flexibility index (Phi) is 5.56. The number of nitrogens with zero attached hydrogens (tertiary/aromatic N) is 2. The molecule has 2 N–H and O–H groups in total. The molecule has 0 aliphatic carbocycles. The van der Waals surface area contributed by atoms with Crippen LogP contribution in [0.3, 0.4) is 0 Å². The summed E-state index contributed by atoms with van der Waals surface area (Å²) in [7, 11) is 1.55. The molecule has 3 atom stereocenters. The number of β-amino-alcohol motifs (C(OH)–C–C–N with tert-alkyl or cyclic N) is 1. The largest absolute Gasteiger partial charge is 0.480 e. The molecule has 0 aromatic heterocycles. The molecule has 2 amide bonds. The van der Waals surface area contributed by atoms with Gasteiger partial charge in [0.2, 0.25) is 0 Å². The summed E-state index contributed by atoms with van der Waals surface area (Å²) in [5.74, 6) is -1.08. The number of methoxy groups -OCH3 is 1. The molecular formula is C12H22N2O5. The van der Waals surface area contributed by atoms with Gasteiger partial charge in [0.05, 0.1) is 18.8 Å². The Bertz CT molecular complexity index is 336. The average molecular weight is 274 g/mol. The molecule has 1 aliphatic heterocycles. The Labute approximate surface area is 112 Å². The summed E-state index contributed by atoms with van der Waals surface area (Å²) < 4.78 is 5.02. The highest BCUT2D eigenvalue weighted by molar-refractivity contribution is 5.83. The van der Waals surface area contributed by atoms with Crippen molar-refractivity contribution >= 4 is 12.0 Å². The van der Waals surface area contributed by atoms with E-state index in [0.717, 1.165) is 0 Å². The summed E-state index contributed by atoms with van der Waals surface area (Å²) in [5, 5.41) is 18.7. The van der Waals surface area contributed by atoms with Gasteiger partial charge in [0.1, 0.15) is 6.04 Å². The van der Waals surface area contributed by atoms with Crippen molar-refractivity contribution in [2.24, 2.45) is 0 Å². The number of likely N-dealkylation sites (N-methyl/N-ethyl adjacent to an activating group) is 1. The Hall–Kier alpha value is -1.34. The van der Waals surface area contributed by atoms with Crippen LogP contribution >= 0.6 is 0 Å². The smallest absolute Gasteiger partial charge is 0.326 e. The monoisotopic (exact) mass is 274 g/mol. The highest BCUT2D eigenvalue weighted by atomic mass is 16.5. The van der Waals surface area contributed by atoms with Crippen LogP contribution in [0.2, 0.25) is 0 Å². The van der Waals surface area contributed by atoms with Crippen molar-refractivity contribution < 1.29 is 24.5 Å². The van der Waals surface area contributed by atoms with Gasteiger partial charge in [0.15, 0.2) is 0 Å². The van der Waals surface area contributed by atoms with Crippen LogP contribution in [-0.2, 0) is 9.53 Å². The number of urea groups is 1. The van der Waals surface area contributed by atoms with Crippen molar-refractivity contribution in [2.75, 3.05) is 26.8 Å². The van der Waals surface area contributed by atoms with E-state index in [-0.39, 0.29) is 25.0 Å². The van der Waals surface area contributed by atoms with Gasteiger partial charge in [-0.15, -0.1) is 0 Å². The number of amides is 2. The van der Waals surface area contributed by atoms with E-state index in [1.54, 1.807) is 12.0 Å². The molecule has 1 heterocycles. The minimum atomic E-state index is -1.08. The third kappa shape index (κ3) is 3.57. The van der Waals surface area contributed by atoms with E-state index < -0.39 is 18.1 Å². The Morgan fingerprint density at radius 1 is 1.53 bits per heavy atom. The van der Waals surface area contributed by atoms with Crippen LogP contribution in [0.5, 0.6) is 0 Å². The molecule has 0 bridgehead atoms. The fourth-order valence-electron chi connectivity index (χ4n) is 2.39. The maximum atomic E-state index is 12.4. The first-order valence-electron chi connectivity index (χ1n) is 6.39. The lowest BCUT2D eigenvalue weighted by Gasteiger charge is -2.33. The number of hydrogen-bond acceptors (Lipinski definition) is 4. The number of carbonyl (C=O) groups excluding carboxylic acids is 1. The molecular weight excluding hydrogens is 252 g/mol. The summed E-state index contributed by atoms with van der Waals surface area (Å²) in [6, 6.07) is -1.46. The van der Waals surface area contributed by atoms with Crippen molar-refractivity contribution in [2.45, 2.75) is 38.5 Å². The maximum absolute atomic E-state index is 12.4. The second kappa shape index (κ2) is 6.72. The summed E-state index contributed by atoms with van der Waals surface area (Å²) in [4.78, 5) is 26.3. The van der Waals surface area contributed by atoms with Crippen LogP contribution in [-0.4, -0.2) is 77.0 Å². The first-order chi connectivity index (χ1) is 8.92. The number of hydrogen-bond donors (Lipinski definition) is 2. The van der Waals surface area contributed by atoms with E-state index in [9.17, 15) is 14.7 Å². The molecule has 0 aromatic rings. The number of aliphatic hydroxyl groups excluding tert-OH is 1. The molecule has 7 nitrogen and oxygen atoms in total. The first kappa shape index (κ1) is 15.7. The highest BCUT2D eigenvalue weighted by Gasteiger charge is 2.41. The molecule has 1 aliphatic rings. The summed E-state index contributed by atoms with van der Waals surface area (Å²) in [5.41, 5.74) is 0. The van der Waals surface area contributed by atoms with Gasteiger partial charge >= 0.3 is 12.0 Å². The average Bonchev–Trinajstić information content (AvgIpc) is 2.72. The first-order valence-corrected chi connectivity index (χ1v) is 6.39. The van der Waals surface area contributed by atoms with Gasteiger partial charge in [-0.2, -0.15) is 0 Å². The molecule has 1 saturated heterocycles. The van der Waals surface area contributed by atoms with Crippen molar-refractivity contribution in [1.29, 1.82) is 0 Å². The number of aliphatic carboxylic acids is 1. The zero-order chi connectivity index (χ0) is 14.6. The van der Waals surface area contributed by atoms with E-state index in [4.69, 9.17) is 9.84 Å². The minimum absolute atomic E-state index is 0.0615. The summed E-state index contributed by atoms with van der Waals surface area (Å²) >= 11 is 0. The van der Waals surface area contributed by atoms with Crippen molar-refractivity contribution in [3.8, 4) is 0 Å². The number of ether oxygens (including phenoxy) is 1. The van der Waals surface area contributed by atoms with Crippen LogP contribution in [0.4, 0.5) is 4.79 Å². The molecule has 0 spiro atoms. The van der Waals surface area contributed by atoms with Gasteiger partial charge < -0.3 is 24.7 Å². The third-order valence-corrected chi connectivity index (χ3v) is 3.34. The van der Waals surface area contributed by atoms with Crippen LogP contribution < -0.4 is 0 Å². The lowest BCUT2D eigenvalue weighted by atomic mass is 10.2. The van der Waals surface area contributed by atoms with Crippen molar-refractivity contribution in [3.63, 3.8) is 0 Å². The molecule has 0 saturated carbocycles. The standard InChI is InChI=1S/C12H22N2O5/c1-4-13(8(2)7-19-3)12(18)14-6-9(15)5-10(14)11(16)17/h8-10,15H,4-7H2,1-3H3,(H,16,17)/t8?,9-,10-/m0/s1. The van der Waals surface area contributed by atoms with E-state index in [1.165, 1.54) is 4.90 Å². The Balaban J connectivity index is 2.81. The SMILES string of the molecule is CCN(C(=O)N1C[C@@H](O)C[C@H]1C(=O)O)C(C)COC. The normalized spacial score (nSPS) is 24.3. The van der Waals surface area contributed by atoms with Crippen LogP contribution in [0, 0.1) is 0 Å². The van der Waals surface area contributed by atoms with E-state index >= 15 is 0 Å². The van der Waals surface area contributed by atoms with E-state index in [0.29, 0.717) is 13.2 Å². The third-order valence-electron chi connectivity index (χ3n) is 3.34. The molecule has 110 valence electrons. The van der Waals surface area contributed by atoms with Gasteiger partial charge in [-0.3, -0.25) is 0 Å². The highest BCUT2D eigenvalue weighted by Crippen LogP contribution is 2.20. The number of carboxylic acid groups (broad SMARTS) is 1. The number of likely N-dealkylation sites (tertiary alicyclic amines) is 1. The molecule has 0 aromatic carbocycles. The van der Waals surface area contributed by atoms with Crippen LogP contribution in [0.15, 0.2) is 0 Å². The fraction of sp³-hybridized carbons (Fsp3) is 0.833. The van der Waals surface area contributed by atoms with Crippen molar-refractivity contribution in [1.82, 2.24) is 9.80 Å². The van der Waals surface area contributed by atoms with Gasteiger partial charge in [0, 0.05) is 26.6 Å². The number of carboxylic acids is 1. The zero-order valence-electron chi connectivity index (χ0n) is 11.6. The molecule has 1 rings (SSSR count). The predicted octanol–water partition coefficient (Wildman–Crippen LogP) is -0.0170. The molecule has 1 unspecified atom stereocenters. The lowest BCUT2D eigenvalue weighted by Crippen LogP contribution is -2.51. The van der Waals surface area contributed by atoms with E-state index in [2.05, 4.69) is 0 Å². The predicted molar refractivity (Wildman–Crippen MR) is 67.9 cm³/mol.